The highest BCUT2D eigenvalue weighted by Crippen LogP contribution is 2.39. The summed E-state index contributed by atoms with van der Waals surface area (Å²) in [6, 6.07) is 8.53. The first-order valence-electron chi connectivity index (χ1n) is 6.11. The Kier molecular flexibility index (Phi) is 2.43. The fourth-order valence-electron chi connectivity index (χ4n) is 2.74. The Bertz CT molecular complexity index is 485. The highest BCUT2D eigenvalue weighted by molar-refractivity contribution is 5.38. The number of hydrogen-bond donors (Lipinski definition) is 1. The van der Waals surface area contributed by atoms with Crippen LogP contribution in [0.5, 0.6) is 0 Å². The van der Waals surface area contributed by atoms with E-state index < -0.39 is 5.41 Å². The van der Waals surface area contributed by atoms with Gasteiger partial charge in [0.05, 0.1) is 25.3 Å². The van der Waals surface area contributed by atoms with E-state index in [4.69, 9.17) is 10.5 Å². The molecule has 0 aromatic heterocycles. The summed E-state index contributed by atoms with van der Waals surface area (Å²) in [6.07, 6.45) is 3.56. The van der Waals surface area contributed by atoms with E-state index in [1.807, 2.05) is 0 Å². The molecule has 3 heteroatoms. The summed E-state index contributed by atoms with van der Waals surface area (Å²) in [5, 5.41) is 9.25. The van der Waals surface area contributed by atoms with Crippen molar-refractivity contribution < 1.29 is 4.74 Å². The normalized spacial score (nSPS) is 22.4. The average molecular weight is 228 g/mol. The molecule has 17 heavy (non-hydrogen) atoms. The lowest BCUT2D eigenvalue weighted by molar-refractivity contribution is -0.0910. The van der Waals surface area contributed by atoms with Crippen LogP contribution in [0, 0.1) is 16.7 Å². The predicted molar refractivity (Wildman–Crippen MR) is 64.3 cm³/mol. The first-order valence-corrected chi connectivity index (χ1v) is 6.11. The molecule has 1 fully saturated rings. The Labute approximate surface area is 101 Å². The molecule has 3 rings (SSSR count). The Morgan fingerprint density at radius 3 is 2.71 bits per heavy atom. The molecular weight excluding hydrogens is 212 g/mol. The van der Waals surface area contributed by atoms with Gasteiger partial charge in [0, 0.05) is 0 Å². The van der Waals surface area contributed by atoms with Crippen molar-refractivity contribution in [1.29, 1.82) is 5.26 Å². The van der Waals surface area contributed by atoms with Gasteiger partial charge < -0.3 is 10.5 Å². The molecule has 0 amide bonds. The molecule has 2 aliphatic rings. The van der Waals surface area contributed by atoms with E-state index in [2.05, 4.69) is 24.3 Å². The minimum Gasteiger partial charge on any atom is -0.378 e. The van der Waals surface area contributed by atoms with Crippen molar-refractivity contribution >= 4 is 0 Å². The van der Waals surface area contributed by atoms with Gasteiger partial charge in [-0.15, -0.1) is 0 Å². The van der Waals surface area contributed by atoms with Crippen LogP contribution in [0.15, 0.2) is 18.2 Å². The van der Waals surface area contributed by atoms with E-state index in [0.717, 1.165) is 12.0 Å². The molecule has 1 saturated heterocycles. The Hall–Kier alpha value is -1.37. The molecule has 1 heterocycles. The Morgan fingerprint density at radius 1 is 1.29 bits per heavy atom. The molecule has 1 aliphatic carbocycles. The van der Waals surface area contributed by atoms with Crippen LogP contribution < -0.4 is 5.73 Å². The lowest BCUT2D eigenvalue weighted by Crippen LogP contribution is -2.49. The molecule has 0 bridgehead atoms. The van der Waals surface area contributed by atoms with E-state index in [1.54, 1.807) is 0 Å². The quantitative estimate of drug-likeness (QED) is 0.838. The zero-order chi connectivity index (χ0) is 11.9. The van der Waals surface area contributed by atoms with Crippen molar-refractivity contribution in [3.8, 4) is 6.07 Å². The van der Waals surface area contributed by atoms with Gasteiger partial charge >= 0.3 is 0 Å². The van der Waals surface area contributed by atoms with Gasteiger partial charge in [-0.1, -0.05) is 18.2 Å². The van der Waals surface area contributed by atoms with Crippen LogP contribution in [0.4, 0.5) is 0 Å². The second kappa shape index (κ2) is 3.83. The lowest BCUT2D eigenvalue weighted by atomic mass is 9.76. The average Bonchev–Trinajstić information content (AvgIpc) is 2.74. The van der Waals surface area contributed by atoms with Gasteiger partial charge in [-0.3, -0.25) is 0 Å². The summed E-state index contributed by atoms with van der Waals surface area (Å²) in [6.45, 7) is 0.920. The number of rotatable bonds is 2. The summed E-state index contributed by atoms with van der Waals surface area (Å²) in [7, 11) is 0. The zero-order valence-electron chi connectivity index (χ0n) is 9.78. The van der Waals surface area contributed by atoms with Gasteiger partial charge in [-0.25, -0.2) is 0 Å². The zero-order valence-corrected chi connectivity index (χ0v) is 9.78. The number of ether oxygens (including phenoxy) is 1. The number of nitrogens with zero attached hydrogens (tertiary/aromatic N) is 1. The SMILES string of the molecule is N#CC1(C(N)c2ccc3c(c2)CCC3)COC1. The van der Waals surface area contributed by atoms with Crippen LogP contribution in [0.2, 0.25) is 0 Å². The molecule has 0 radical (unpaired) electrons. The summed E-state index contributed by atoms with van der Waals surface area (Å²) < 4.78 is 5.16. The molecule has 0 saturated carbocycles. The third-order valence-corrected chi connectivity index (χ3v) is 4.02. The van der Waals surface area contributed by atoms with Crippen LogP contribution in [-0.4, -0.2) is 13.2 Å². The molecule has 1 unspecified atom stereocenters. The van der Waals surface area contributed by atoms with E-state index in [-0.39, 0.29) is 6.04 Å². The van der Waals surface area contributed by atoms with Gasteiger partial charge in [0.1, 0.15) is 5.41 Å². The molecule has 1 aromatic carbocycles. The van der Waals surface area contributed by atoms with Crippen LogP contribution >= 0.6 is 0 Å². The van der Waals surface area contributed by atoms with Gasteiger partial charge in [0.15, 0.2) is 0 Å². The Balaban J connectivity index is 1.92. The Morgan fingerprint density at radius 2 is 2.06 bits per heavy atom. The fourth-order valence-corrected chi connectivity index (χ4v) is 2.74. The third kappa shape index (κ3) is 1.56. The van der Waals surface area contributed by atoms with E-state index >= 15 is 0 Å². The maximum Gasteiger partial charge on any atom is 0.123 e. The van der Waals surface area contributed by atoms with Crippen LogP contribution in [0.25, 0.3) is 0 Å². The van der Waals surface area contributed by atoms with Crippen molar-refractivity contribution in [2.45, 2.75) is 25.3 Å². The number of fused-ring (bicyclic) bond motifs is 1. The molecule has 2 N–H and O–H groups in total. The smallest absolute Gasteiger partial charge is 0.123 e. The molecular formula is C14H16N2O. The fraction of sp³-hybridized carbons (Fsp3) is 0.500. The van der Waals surface area contributed by atoms with Crippen LogP contribution in [0.3, 0.4) is 0 Å². The van der Waals surface area contributed by atoms with Gasteiger partial charge in [0.25, 0.3) is 0 Å². The van der Waals surface area contributed by atoms with Crippen molar-refractivity contribution in [2.24, 2.45) is 11.1 Å². The minimum absolute atomic E-state index is 0.229. The highest BCUT2D eigenvalue weighted by Gasteiger charge is 2.45. The molecule has 88 valence electrons. The predicted octanol–water partition coefficient (Wildman–Crippen LogP) is 1.72. The van der Waals surface area contributed by atoms with Crippen molar-refractivity contribution in [3.63, 3.8) is 0 Å². The molecule has 1 aromatic rings. The van der Waals surface area contributed by atoms with E-state index in [0.29, 0.717) is 13.2 Å². The number of hydrogen-bond acceptors (Lipinski definition) is 3. The summed E-state index contributed by atoms with van der Waals surface area (Å²) in [5.74, 6) is 0. The van der Waals surface area contributed by atoms with Gasteiger partial charge in [0.2, 0.25) is 0 Å². The van der Waals surface area contributed by atoms with Crippen molar-refractivity contribution in [2.75, 3.05) is 13.2 Å². The molecule has 1 aliphatic heterocycles. The molecule has 1 atom stereocenters. The van der Waals surface area contributed by atoms with Crippen molar-refractivity contribution in [3.05, 3.63) is 34.9 Å². The largest absolute Gasteiger partial charge is 0.378 e. The summed E-state index contributed by atoms with van der Waals surface area (Å²) in [5.41, 5.74) is 9.66. The number of aryl methyl sites for hydroxylation is 2. The molecule has 3 nitrogen and oxygen atoms in total. The van der Waals surface area contributed by atoms with Gasteiger partial charge in [-0.05, 0) is 36.0 Å². The molecule has 0 spiro atoms. The standard InChI is InChI=1S/C14H16N2O/c15-7-14(8-17-9-14)13(16)12-5-4-10-2-1-3-11(10)6-12/h4-6,13H,1-3,8-9,16H2. The summed E-state index contributed by atoms with van der Waals surface area (Å²) in [4.78, 5) is 0. The first kappa shape index (κ1) is 10.8. The van der Waals surface area contributed by atoms with E-state index in [9.17, 15) is 5.26 Å². The maximum atomic E-state index is 9.25. The van der Waals surface area contributed by atoms with Gasteiger partial charge in [-0.2, -0.15) is 5.26 Å². The second-order valence-corrected chi connectivity index (χ2v) is 5.12. The number of nitrogens with two attached hydrogens (primary N) is 1. The van der Waals surface area contributed by atoms with Crippen LogP contribution in [-0.2, 0) is 17.6 Å². The highest BCUT2D eigenvalue weighted by atomic mass is 16.5. The first-order chi connectivity index (χ1) is 8.25. The number of nitriles is 1. The lowest BCUT2D eigenvalue weighted by Gasteiger charge is -2.40. The third-order valence-electron chi connectivity index (χ3n) is 4.02. The topological polar surface area (TPSA) is 59.0 Å². The second-order valence-electron chi connectivity index (χ2n) is 5.12. The monoisotopic (exact) mass is 228 g/mol. The summed E-state index contributed by atoms with van der Waals surface area (Å²) >= 11 is 0. The maximum absolute atomic E-state index is 9.25. The van der Waals surface area contributed by atoms with Crippen molar-refractivity contribution in [1.82, 2.24) is 0 Å². The van der Waals surface area contributed by atoms with Crippen LogP contribution in [0.1, 0.15) is 29.2 Å². The number of benzene rings is 1. The van der Waals surface area contributed by atoms with E-state index in [1.165, 1.54) is 24.0 Å². The minimum atomic E-state index is -0.507.